The van der Waals surface area contributed by atoms with Crippen LogP contribution in [0, 0.1) is 4.77 Å². The minimum atomic E-state index is -0.408. The summed E-state index contributed by atoms with van der Waals surface area (Å²) in [6.07, 6.45) is 2.35. The summed E-state index contributed by atoms with van der Waals surface area (Å²) < 4.78 is 1.68. The van der Waals surface area contributed by atoms with E-state index in [1.807, 2.05) is 6.92 Å². The van der Waals surface area contributed by atoms with Gasteiger partial charge in [0.15, 0.2) is 4.77 Å². The smallest absolute Gasteiger partial charge is 0.264 e. The molecule has 6 nitrogen and oxygen atoms in total. The third-order valence-corrected chi connectivity index (χ3v) is 3.03. The largest absolute Gasteiger partial charge is 0.494 e. The highest BCUT2D eigenvalue weighted by atomic mass is 32.1. The molecular formula is C12H21N4O2S+. The van der Waals surface area contributed by atoms with Gasteiger partial charge in [-0.3, -0.25) is 19.3 Å². The van der Waals surface area contributed by atoms with Crippen LogP contribution < -0.4 is 10.5 Å². The zero-order valence-corrected chi connectivity index (χ0v) is 12.4. The number of rotatable bonds is 6. The molecule has 106 valence electrons. The van der Waals surface area contributed by atoms with Crippen LogP contribution in [0.1, 0.15) is 18.9 Å². The van der Waals surface area contributed by atoms with E-state index in [2.05, 4.69) is 24.1 Å². The van der Waals surface area contributed by atoms with Gasteiger partial charge in [-0.15, -0.1) is 0 Å². The molecule has 0 aromatic carbocycles. The summed E-state index contributed by atoms with van der Waals surface area (Å²) in [4.78, 5) is 19.8. The van der Waals surface area contributed by atoms with E-state index in [4.69, 9.17) is 12.2 Å². The average Bonchev–Trinajstić information content (AvgIpc) is 2.32. The fourth-order valence-electron chi connectivity index (χ4n) is 1.66. The molecule has 1 aromatic heterocycles. The second kappa shape index (κ2) is 7.20. The van der Waals surface area contributed by atoms with Crippen LogP contribution in [-0.2, 0) is 6.54 Å². The average molecular weight is 285 g/mol. The molecule has 0 amide bonds. The highest BCUT2D eigenvalue weighted by Gasteiger charge is 2.09. The number of aromatic hydroxyl groups is 1. The van der Waals surface area contributed by atoms with E-state index in [1.54, 1.807) is 0 Å². The van der Waals surface area contributed by atoms with Gasteiger partial charge in [0.25, 0.3) is 5.56 Å². The van der Waals surface area contributed by atoms with Gasteiger partial charge >= 0.3 is 0 Å². The van der Waals surface area contributed by atoms with Crippen LogP contribution >= 0.6 is 12.2 Å². The Bertz CT molecular complexity index is 560. The second-order valence-corrected chi connectivity index (χ2v) is 4.97. The Morgan fingerprint density at radius 1 is 1.53 bits per heavy atom. The number of nitrogens with one attached hydrogen (secondary N) is 2. The SMILES string of the molecule is CCn1c(O)c(C=NCCC[NH+](C)C)c(=O)[nH]c1=S. The van der Waals surface area contributed by atoms with Crippen molar-refractivity contribution in [3.63, 3.8) is 0 Å². The molecule has 0 spiro atoms. The normalized spacial score (nSPS) is 11.6. The Kier molecular flexibility index (Phi) is 5.91. The lowest BCUT2D eigenvalue weighted by atomic mass is 10.3. The van der Waals surface area contributed by atoms with E-state index in [9.17, 15) is 9.90 Å². The van der Waals surface area contributed by atoms with Crippen molar-refractivity contribution in [1.29, 1.82) is 0 Å². The van der Waals surface area contributed by atoms with Crippen molar-refractivity contribution in [1.82, 2.24) is 9.55 Å². The lowest BCUT2D eigenvalue weighted by Crippen LogP contribution is -3.05. The molecule has 0 saturated carbocycles. The predicted octanol–water partition coefficient (Wildman–Crippen LogP) is -0.415. The zero-order chi connectivity index (χ0) is 14.4. The van der Waals surface area contributed by atoms with Crippen molar-refractivity contribution in [2.75, 3.05) is 27.2 Å². The van der Waals surface area contributed by atoms with Crippen LogP contribution in [0.3, 0.4) is 0 Å². The van der Waals surface area contributed by atoms with Crippen LogP contribution in [0.5, 0.6) is 5.88 Å². The summed E-state index contributed by atoms with van der Waals surface area (Å²) in [7, 11) is 4.15. The van der Waals surface area contributed by atoms with E-state index in [-0.39, 0.29) is 16.2 Å². The summed E-state index contributed by atoms with van der Waals surface area (Å²) in [5, 5.41) is 9.98. The van der Waals surface area contributed by atoms with Crippen molar-refractivity contribution < 1.29 is 10.0 Å². The number of aliphatic imine (C=N–C) groups is 1. The molecule has 1 heterocycles. The number of quaternary nitrogens is 1. The minimum absolute atomic E-state index is 0.127. The first-order valence-electron chi connectivity index (χ1n) is 6.32. The van der Waals surface area contributed by atoms with Crippen LogP contribution in [0.2, 0.25) is 0 Å². The Morgan fingerprint density at radius 2 is 2.21 bits per heavy atom. The first-order chi connectivity index (χ1) is 8.97. The number of hydrogen-bond donors (Lipinski definition) is 3. The second-order valence-electron chi connectivity index (χ2n) is 4.59. The van der Waals surface area contributed by atoms with Crippen LogP contribution in [-0.4, -0.2) is 48.1 Å². The minimum Gasteiger partial charge on any atom is -0.494 e. The van der Waals surface area contributed by atoms with Gasteiger partial charge in [-0.25, -0.2) is 0 Å². The highest BCUT2D eigenvalue weighted by molar-refractivity contribution is 7.71. The van der Waals surface area contributed by atoms with Gasteiger partial charge in [0.2, 0.25) is 5.88 Å². The number of aromatic nitrogens is 2. The molecule has 0 bridgehead atoms. The highest BCUT2D eigenvalue weighted by Crippen LogP contribution is 2.10. The quantitative estimate of drug-likeness (QED) is 0.378. The van der Waals surface area contributed by atoms with Crippen molar-refractivity contribution >= 4 is 18.4 Å². The van der Waals surface area contributed by atoms with Crippen molar-refractivity contribution in [3.8, 4) is 5.88 Å². The molecule has 0 aliphatic rings. The van der Waals surface area contributed by atoms with E-state index < -0.39 is 5.56 Å². The molecule has 0 aliphatic carbocycles. The number of H-pyrrole nitrogens is 1. The molecule has 0 radical (unpaired) electrons. The third kappa shape index (κ3) is 4.29. The maximum Gasteiger partial charge on any atom is 0.264 e. The van der Waals surface area contributed by atoms with Gasteiger partial charge < -0.3 is 10.0 Å². The molecule has 1 rings (SSSR count). The molecule has 3 N–H and O–H groups in total. The van der Waals surface area contributed by atoms with Crippen molar-refractivity contribution in [2.45, 2.75) is 19.9 Å². The van der Waals surface area contributed by atoms with Crippen molar-refractivity contribution in [3.05, 3.63) is 20.7 Å². The van der Waals surface area contributed by atoms with Crippen LogP contribution in [0.15, 0.2) is 9.79 Å². The third-order valence-electron chi connectivity index (χ3n) is 2.71. The summed E-state index contributed by atoms with van der Waals surface area (Å²) >= 11 is 4.97. The fraction of sp³-hybridized carbons (Fsp3) is 0.583. The molecule has 1 aromatic rings. The Hall–Kier alpha value is -1.47. The topological polar surface area (TPSA) is 74.8 Å². The molecule has 7 heteroatoms. The summed E-state index contributed by atoms with van der Waals surface area (Å²) in [6.45, 7) is 3.98. The Morgan fingerprint density at radius 3 is 2.79 bits per heavy atom. The number of aromatic amines is 1. The monoisotopic (exact) mass is 285 g/mol. The predicted molar refractivity (Wildman–Crippen MR) is 78.0 cm³/mol. The maximum atomic E-state index is 11.7. The first kappa shape index (κ1) is 15.6. The zero-order valence-electron chi connectivity index (χ0n) is 11.6. The van der Waals surface area contributed by atoms with Crippen LogP contribution in [0.4, 0.5) is 0 Å². The van der Waals surface area contributed by atoms with Gasteiger partial charge in [-0.05, 0) is 19.1 Å². The van der Waals surface area contributed by atoms with Gasteiger partial charge in [0.1, 0.15) is 5.56 Å². The van der Waals surface area contributed by atoms with Gasteiger partial charge in [0.05, 0.1) is 20.6 Å². The van der Waals surface area contributed by atoms with E-state index in [0.29, 0.717) is 13.1 Å². The molecule has 0 atom stereocenters. The summed E-state index contributed by atoms with van der Waals surface area (Å²) in [6, 6.07) is 0. The molecule has 0 fully saturated rings. The lowest BCUT2D eigenvalue weighted by molar-refractivity contribution is -0.858. The van der Waals surface area contributed by atoms with E-state index >= 15 is 0 Å². The number of nitrogens with zero attached hydrogens (tertiary/aromatic N) is 2. The molecular weight excluding hydrogens is 264 g/mol. The number of hydrogen-bond acceptors (Lipinski definition) is 4. The van der Waals surface area contributed by atoms with Crippen LogP contribution in [0.25, 0.3) is 0 Å². The standard InChI is InChI=1S/C12H20N4O2S/c1-4-16-11(18)9(10(17)14-12(16)19)8-13-6-5-7-15(2)3/h8,18H,4-7H2,1-3H3,(H,14,17,19)/p+1. The van der Waals surface area contributed by atoms with Gasteiger partial charge in [-0.1, -0.05) is 0 Å². The maximum absolute atomic E-state index is 11.7. The molecule has 19 heavy (non-hydrogen) atoms. The van der Waals surface area contributed by atoms with E-state index in [1.165, 1.54) is 15.7 Å². The Labute approximate surface area is 117 Å². The fourth-order valence-corrected chi connectivity index (χ4v) is 1.97. The molecule has 0 aliphatic heterocycles. The lowest BCUT2D eigenvalue weighted by Gasteiger charge is -2.08. The van der Waals surface area contributed by atoms with E-state index in [0.717, 1.165) is 13.0 Å². The van der Waals surface area contributed by atoms with Crippen molar-refractivity contribution in [2.24, 2.45) is 4.99 Å². The molecule has 0 saturated heterocycles. The first-order valence-corrected chi connectivity index (χ1v) is 6.73. The van der Waals surface area contributed by atoms with Gasteiger partial charge in [-0.2, -0.15) is 0 Å². The Balaban J connectivity index is 2.87. The summed E-state index contributed by atoms with van der Waals surface area (Å²) in [5.74, 6) is -0.127. The molecule has 0 unspecified atom stereocenters. The van der Waals surface area contributed by atoms with Gasteiger partial charge in [0, 0.05) is 25.7 Å². The summed E-state index contributed by atoms with van der Waals surface area (Å²) in [5.41, 5.74) is -0.248.